The molecule has 0 atom stereocenters. The lowest BCUT2D eigenvalue weighted by atomic mass is 10.2. The lowest BCUT2D eigenvalue weighted by Gasteiger charge is -2.11. The van der Waals surface area contributed by atoms with Crippen LogP contribution in [0.5, 0.6) is 23.0 Å². The van der Waals surface area contributed by atoms with Crippen molar-refractivity contribution >= 4 is 39.6 Å². The maximum atomic E-state index is 13.6. The molecule has 0 spiro atoms. The molecule has 1 amide bonds. The summed E-state index contributed by atoms with van der Waals surface area (Å²) in [6.45, 7) is 0.143. The summed E-state index contributed by atoms with van der Waals surface area (Å²) in [5.41, 5.74) is 10.1. The smallest absolute Gasteiger partial charge is 0.261 e. The third-order valence-corrected chi connectivity index (χ3v) is 5.98. The summed E-state index contributed by atoms with van der Waals surface area (Å²) in [5.74, 6) is 2.00. The molecule has 1 aliphatic heterocycles. The van der Waals surface area contributed by atoms with Gasteiger partial charge in [0.25, 0.3) is 5.91 Å². The molecule has 5 aromatic rings. The highest BCUT2D eigenvalue weighted by atomic mass is 16.7. The van der Waals surface area contributed by atoms with Crippen molar-refractivity contribution in [2.24, 2.45) is 0 Å². The highest BCUT2D eigenvalue weighted by Crippen LogP contribution is 2.38. The zero-order valence-electron chi connectivity index (χ0n) is 19.4. The molecule has 180 valence electrons. The largest absolute Gasteiger partial charge is 0.493 e. The standard InChI is InChI=1S/C26H21N5O5/c1-33-18-9-7-14(11-20(18)34-2)28-26(32)22-23-25(30-17-6-4-3-5-16(17)29-23)31(24(22)27)15-8-10-19-21(12-15)36-13-35-19/h3-12H,13,27H2,1-2H3,(H,28,32). The van der Waals surface area contributed by atoms with Gasteiger partial charge in [0.1, 0.15) is 16.9 Å². The summed E-state index contributed by atoms with van der Waals surface area (Å²) < 4.78 is 23.3. The van der Waals surface area contributed by atoms with Gasteiger partial charge >= 0.3 is 0 Å². The Hall–Kier alpha value is -4.99. The Labute approximate surface area is 205 Å². The van der Waals surface area contributed by atoms with Crippen LogP contribution in [0.15, 0.2) is 60.7 Å². The number of hydrogen-bond donors (Lipinski definition) is 2. The van der Waals surface area contributed by atoms with Gasteiger partial charge < -0.3 is 30.0 Å². The van der Waals surface area contributed by atoms with E-state index >= 15 is 0 Å². The van der Waals surface area contributed by atoms with Crippen LogP contribution in [0.3, 0.4) is 0 Å². The number of hydrogen-bond acceptors (Lipinski definition) is 8. The van der Waals surface area contributed by atoms with Crippen LogP contribution in [0, 0.1) is 0 Å². The Morgan fingerprint density at radius 3 is 2.47 bits per heavy atom. The lowest BCUT2D eigenvalue weighted by Crippen LogP contribution is -2.14. The van der Waals surface area contributed by atoms with Crippen molar-refractivity contribution < 1.29 is 23.7 Å². The highest BCUT2D eigenvalue weighted by molar-refractivity contribution is 6.16. The minimum absolute atomic E-state index is 0.143. The number of nitrogens with two attached hydrogens (primary N) is 1. The number of methoxy groups -OCH3 is 2. The van der Waals surface area contributed by atoms with Gasteiger partial charge in [0.05, 0.1) is 30.9 Å². The first-order chi connectivity index (χ1) is 17.6. The number of rotatable bonds is 5. The van der Waals surface area contributed by atoms with Gasteiger partial charge in [-0.3, -0.25) is 9.36 Å². The fourth-order valence-electron chi connectivity index (χ4n) is 4.28. The number of nitrogen functional groups attached to an aromatic ring is 1. The molecule has 2 aromatic heterocycles. The number of fused-ring (bicyclic) bond motifs is 3. The highest BCUT2D eigenvalue weighted by Gasteiger charge is 2.26. The van der Waals surface area contributed by atoms with Crippen LogP contribution in [-0.4, -0.2) is 41.5 Å². The van der Waals surface area contributed by atoms with E-state index in [4.69, 9.17) is 34.6 Å². The molecule has 0 bridgehead atoms. The molecular formula is C26H21N5O5. The van der Waals surface area contributed by atoms with Gasteiger partial charge in [-0.2, -0.15) is 0 Å². The molecule has 0 saturated carbocycles. The quantitative estimate of drug-likeness (QED) is 0.382. The van der Waals surface area contributed by atoms with E-state index in [0.29, 0.717) is 56.6 Å². The Balaban J connectivity index is 1.52. The predicted octanol–water partition coefficient (Wildman–Crippen LogP) is 4.15. The summed E-state index contributed by atoms with van der Waals surface area (Å²) in [5, 5.41) is 2.89. The Bertz CT molecular complexity index is 1660. The van der Waals surface area contributed by atoms with Crippen molar-refractivity contribution in [1.82, 2.24) is 14.5 Å². The number of anilines is 2. The van der Waals surface area contributed by atoms with Gasteiger partial charge in [-0.15, -0.1) is 0 Å². The average Bonchev–Trinajstić information content (AvgIpc) is 3.47. The first kappa shape index (κ1) is 21.5. The third-order valence-electron chi connectivity index (χ3n) is 5.98. The molecule has 10 nitrogen and oxygen atoms in total. The number of para-hydroxylation sites is 2. The van der Waals surface area contributed by atoms with Crippen LogP contribution in [0.25, 0.3) is 27.9 Å². The zero-order chi connectivity index (χ0) is 24.8. The molecule has 3 heterocycles. The van der Waals surface area contributed by atoms with Crippen molar-refractivity contribution in [3.8, 4) is 28.7 Å². The van der Waals surface area contributed by atoms with E-state index in [1.807, 2.05) is 30.3 Å². The molecular weight excluding hydrogens is 462 g/mol. The number of benzene rings is 3. The van der Waals surface area contributed by atoms with E-state index in [0.717, 1.165) is 0 Å². The first-order valence-corrected chi connectivity index (χ1v) is 11.1. The average molecular weight is 483 g/mol. The summed E-state index contributed by atoms with van der Waals surface area (Å²) in [6, 6.07) is 18.0. The minimum atomic E-state index is -0.436. The molecule has 0 aliphatic carbocycles. The Kier molecular flexibility index (Phi) is 4.99. The van der Waals surface area contributed by atoms with Gasteiger partial charge in [-0.05, 0) is 36.4 Å². The van der Waals surface area contributed by atoms with Crippen molar-refractivity contribution in [3.63, 3.8) is 0 Å². The van der Waals surface area contributed by atoms with Crippen LogP contribution in [0.4, 0.5) is 11.5 Å². The molecule has 0 unspecified atom stereocenters. The second kappa shape index (κ2) is 8.35. The van der Waals surface area contributed by atoms with Gasteiger partial charge in [0, 0.05) is 17.8 Å². The van der Waals surface area contributed by atoms with E-state index < -0.39 is 5.91 Å². The molecule has 0 saturated heterocycles. The molecule has 3 N–H and O–H groups in total. The van der Waals surface area contributed by atoms with Crippen LogP contribution in [-0.2, 0) is 0 Å². The molecule has 36 heavy (non-hydrogen) atoms. The van der Waals surface area contributed by atoms with Crippen molar-refractivity contribution in [3.05, 3.63) is 66.2 Å². The number of carbonyl (C=O) groups is 1. The fraction of sp³-hybridized carbons (Fsp3) is 0.115. The lowest BCUT2D eigenvalue weighted by molar-refractivity contribution is 0.102. The SMILES string of the molecule is COc1ccc(NC(=O)c2c(N)n(-c3ccc4c(c3)OCO4)c3nc4ccccc4nc23)cc1OC. The maximum absolute atomic E-state index is 13.6. The summed E-state index contributed by atoms with van der Waals surface area (Å²) >= 11 is 0. The van der Waals surface area contributed by atoms with Crippen LogP contribution in [0.1, 0.15) is 10.4 Å². The van der Waals surface area contributed by atoms with E-state index in [1.54, 1.807) is 42.0 Å². The summed E-state index contributed by atoms with van der Waals surface area (Å²) in [6.07, 6.45) is 0. The normalized spacial score (nSPS) is 12.2. The molecule has 6 rings (SSSR count). The maximum Gasteiger partial charge on any atom is 0.261 e. The monoisotopic (exact) mass is 483 g/mol. The van der Waals surface area contributed by atoms with Crippen molar-refractivity contribution in [2.45, 2.75) is 0 Å². The first-order valence-electron chi connectivity index (χ1n) is 11.1. The van der Waals surface area contributed by atoms with Gasteiger partial charge in [0.15, 0.2) is 28.6 Å². The van der Waals surface area contributed by atoms with E-state index in [-0.39, 0.29) is 18.2 Å². The van der Waals surface area contributed by atoms with Crippen LogP contribution >= 0.6 is 0 Å². The number of carbonyl (C=O) groups excluding carboxylic acids is 1. The fourth-order valence-corrected chi connectivity index (χ4v) is 4.28. The second-order valence-corrected chi connectivity index (χ2v) is 8.04. The van der Waals surface area contributed by atoms with Crippen molar-refractivity contribution in [1.29, 1.82) is 0 Å². The molecule has 10 heteroatoms. The summed E-state index contributed by atoms with van der Waals surface area (Å²) in [7, 11) is 3.08. The minimum Gasteiger partial charge on any atom is -0.493 e. The summed E-state index contributed by atoms with van der Waals surface area (Å²) in [4.78, 5) is 23.1. The Morgan fingerprint density at radius 2 is 1.69 bits per heavy atom. The van der Waals surface area contributed by atoms with Crippen LogP contribution < -0.4 is 30.0 Å². The van der Waals surface area contributed by atoms with Crippen LogP contribution in [0.2, 0.25) is 0 Å². The number of nitrogens with zero attached hydrogens (tertiary/aromatic N) is 3. The topological polar surface area (TPSA) is 123 Å². The van der Waals surface area contributed by atoms with Crippen molar-refractivity contribution in [2.75, 3.05) is 32.1 Å². The molecule has 0 fully saturated rings. The second-order valence-electron chi connectivity index (χ2n) is 8.04. The number of aromatic nitrogens is 3. The molecule has 0 radical (unpaired) electrons. The zero-order valence-corrected chi connectivity index (χ0v) is 19.4. The number of ether oxygens (including phenoxy) is 4. The van der Waals surface area contributed by atoms with E-state index in [1.165, 1.54) is 7.11 Å². The van der Waals surface area contributed by atoms with Gasteiger partial charge in [-0.25, -0.2) is 9.97 Å². The number of nitrogens with one attached hydrogen (secondary N) is 1. The number of amides is 1. The molecule has 3 aromatic carbocycles. The van der Waals surface area contributed by atoms with E-state index in [2.05, 4.69) is 5.32 Å². The van der Waals surface area contributed by atoms with Gasteiger partial charge in [0.2, 0.25) is 6.79 Å². The van der Waals surface area contributed by atoms with Gasteiger partial charge in [-0.1, -0.05) is 12.1 Å². The molecule has 1 aliphatic rings. The third kappa shape index (κ3) is 3.38. The predicted molar refractivity (Wildman–Crippen MR) is 134 cm³/mol. The Morgan fingerprint density at radius 1 is 0.944 bits per heavy atom. The van der Waals surface area contributed by atoms with E-state index in [9.17, 15) is 4.79 Å².